The van der Waals surface area contributed by atoms with Crippen LogP contribution in [0.3, 0.4) is 0 Å². The molecule has 20 heavy (non-hydrogen) atoms. The third kappa shape index (κ3) is 2.54. The van der Waals surface area contributed by atoms with Gasteiger partial charge in [-0.3, -0.25) is 4.79 Å². The molecule has 0 atom stereocenters. The minimum Gasteiger partial charge on any atom is -0.384 e. The predicted octanol–water partition coefficient (Wildman–Crippen LogP) is 4.39. The molecular formula is C16H13Cl2NO. The van der Waals surface area contributed by atoms with Crippen LogP contribution >= 0.6 is 23.2 Å². The highest BCUT2D eigenvalue weighted by molar-refractivity contribution is 6.42. The number of hydrogen-bond donors (Lipinski definition) is 1. The summed E-state index contributed by atoms with van der Waals surface area (Å²) < 4.78 is 0. The molecule has 0 radical (unpaired) electrons. The molecule has 1 aliphatic rings. The first-order chi connectivity index (χ1) is 9.65. The van der Waals surface area contributed by atoms with Crippen LogP contribution in [0, 0.1) is 0 Å². The Bertz CT molecular complexity index is 682. The fourth-order valence-corrected chi connectivity index (χ4v) is 2.81. The molecule has 0 amide bonds. The maximum atomic E-state index is 12.3. The van der Waals surface area contributed by atoms with E-state index in [2.05, 4.69) is 5.32 Å². The Balaban J connectivity index is 1.84. The van der Waals surface area contributed by atoms with E-state index in [-0.39, 0.29) is 12.2 Å². The number of ketones is 1. The van der Waals surface area contributed by atoms with Gasteiger partial charge in [0, 0.05) is 24.2 Å². The Labute approximate surface area is 127 Å². The van der Waals surface area contributed by atoms with Gasteiger partial charge in [0.15, 0.2) is 5.78 Å². The highest BCUT2D eigenvalue weighted by atomic mass is 35.5. The van der Waals surface area contributed by atoms with Crippen LogP contribution in [0.4, 0.5) is 5.69 Å². The summed E-state index contributed by atoms with van der Waals surface area (Å²) in [5, 5.41) is 4.22. The van der Waals surface area contributed by atoms with Crippen molar-refractivity contribution in [2.45, 2.75) is 12.8 Å². The summed E-state index contributed by atoms with van der Waals surface area (Å²) >= 11 is 12.1. The van der Waals surface area contributed by atoms with Crippen molar-refractivity contribution in [3.63, 3.8) is 0 Å². The molecule has 1 aliphatic heterocycles. The van der Waals surface area contributed by atoms with Crippen molar-refractivity contribution in [1.82, 2.24) is 0 Å². The van der Waals surface area contributed by atoms with Crippen molar-refractivity contribution in [3.8, 4) is 0 Å². The van der Waals surface area contributed by atoms with E-state index in [1.165, 1.54) is 5.56 Å². The smallest absolute Gasteiger partial charge is 0.167 e. The van der Waals surface area contributed by atoms with Gasteiger partial charge in [-0.05, 0) is 29.7 Å². The molecule has 1 N–H and O–H groups in total. The van der Waals surface area contributed by atoms with Crippen LogP contribution in [-0.2, 0) is 12.8 Å². The van der Waals surface area contributed by atoms with Crippen molar-refractivity contribution >= 4 is 34.7 Å². The van der Waals surface area contributed by atoms with Crippen molar-refractivity contribution in [2.75, 3.05) is 11.9 Å². The van der Waals surface area contributed by atoms with E-state index in [0.29, 0.717) is 15.6 Å². The van der Waals surface area contributed by atoms with Gasteiger partial charge >= 0.3 is 0 Å². The SMILES string of the molecule is O=C(Cc1cccc(Cl)c1Cl)c1ccc2c(c1)NCC2. The van der Waals surface area contributed by atoms with Crippen molar-refractivity contribution in [3.05, 3.63) is 63.1 Å². The van der Waals surface area contributed by atoms with Gasteiger partial charge in [-0.25, -0.2) is 0 Å². The van der Waals surface area contributed by atoms with E-state index in [0.717, 1.165) is 24.2 Å². The molecule has 1 heterocycles. The molecule has 0 saturated carbocycles. The van der Waals surface area contributed by atoms with Crippen LogP contribution in [0.1, 0.15) is 21.5 Å². The second-order valence-electron chi connectivity index (χ2n) is 4.86. The molecule has 0 saturated heterocycles. The lowest BCUT2D eigenvalue weighted by atomic mass is 10.0. The summed E-state index contributed by atoms with van der Waals surface area (Å²) in [7, 11) is 0. The normalized spacial score (nSPS) is 12.9. The van der Waals surface area contributed by atoms with Gasteiger partial charge in [0.25, 0.3) is 0 Å². The second-order valence-corrected chi connectivity index (χ2v) is 5.65. The largest absolute Gasteiger partial charge is 0.384 e. The molecule has 0 fully saturated rings. The Kier molecular flexibility index (Phi) is 3.68. The summed E-state index contributed by atoms with van der Waals surface area (Å²) in [6, 6.07) is 11.2. The lowest BCUT2D eigenvalue weighted by molar-refractivity contribution is 0.0993. The molecule has 0 bridgehead atoms. The molecule has 0 aromatic heterocycles. The molecule has 0 aliphatic carbocycles. The number of halogens is 2. The van der Waals surface area contributed by atoms with E-state index in [4.69, 9.17) is 23.2 Å². The minimum absolute atomic E-state index is 0.0469. The van der Waals surface area contributed by atoms with Gasteiger partial charge in [0.2, 0.25) is 0 Å². The highest BCUT2D eigenvalue weighted by Crippen LogP contribution is 2.28. The first-order valence-corrected chi connectivity index (χ1v) is 7.23. The lowest BCUT2D eigenvalue weighted by Gasteiger charge is -2.07. The zero-order valence-electron chi connectivity index (χ0n) is 10.7. The van der Waals surface area contributed by atoms with Gasteiger partial charge in [-0.2, -0.15) is 0 Å². The maximum Gasteiger partial charge on any atom is 0.167 e. The monoisotopic (exact) mass is 305 g/mol. The van der Waals surface area contributed by atoms with Crippen LogP contribution in [-0.4, -0.2) is 12.3 Å². The first kappa shape index (κ1) is 13.5. The number of nitrogens with one attached hydrogen (secondary N) is 1. The number of rotatable bonds is 3. The number of carbonyl (C=O) groups is 1. The fraction of sp³-hybridized carbons (Fsp3) is 0.188. The van der Waals surface area contributed by atoms with Crippen LogP contribution < -0.4 is 5.32 Å². The Morgan fingerprint density at radius 2 is 2.05 bits per heavy atom. The molecule has 2 aromatic carbocycles. The van der Waals surface area contributed by atoms with Crippen molar-refractivity contribution in [2.24, 2.45) is 0 Å². The zero-order chi connectivity index (χ0) is 14.1. The maximum absolute atomic E-state index is 12.3. The third-order valence-electron chi connectivity index (χ3n) is 3.52. The molecule has 2 nitrogen and oxygen atoms in total. The number of carbonyl (C=O) groups excluding carboxylic acids is 1. The number of fused-ring (bicyclic) bond motifs is 1. The molecule has 0 unspecified atom stereocenters. The van der Waals surface area contributed by atoms with Gasteiger partial charge in [0.1, 0.15) is 0 Å². The molecule has 2 aromatic rings. The molecule has 102 valence electrons. The number of hydrogen-bond acceptors (Lipinski definition) is 2. The summed E-state index contributed by atoms with van der Waals surface area (Å²) in [6.07, 6.45) is 1.28. The van der Waals surface area contributed by atoms with Gasteiger partial charge in [-0.15, -0.1) is 0 Å². The average Bonchev–Trinajstić information content (AvgIpc) is 2.91. The van der Waals surface area contributed by atoms with E-state index in [9.17, 15) is 4.79 Å². The summed E-state index contributed by atoms with van der Waals surface area (Å²) in [5.74, 6) is 0.0469. The minimum atomic E-state index is 0.0469. The van der Waals surface area contributed by atoms with Crippen molar-refractivity contribution < 1.29 is 4.79 Å². The van der Waals surface area contributed by atoms with Crippen LogP contribution in [0.2, 0.25) is 10.0 Å². The van der Waals surface area contributed by atoms with Gasteiger partial charge in [-0.1, -0.05) is 47.5 Å². The van der Waals surface area contributed by atoms with Crippen LogP contribution in [0.5, 0.6) is 0 Å². The van der Waals surface area contributed by atoms with E-state index in [1.807, 2.05) is 24.3 Å². The number of anilines is 1. The number of Topliss-reactive ketones (excluding diaryl/α,β-unsaturated/α-hetero) is 1. The van der Waals surface area contributed by atoms with Crippen molar-refractivity contribution in [1.29, 1.82) is 0 Å². The molecule has 3 rings (SSSR count). The summed E-state index contributed by atoms with van der Waals surface area (Å²) in [6.45, 7) is 0.938. The standard InChI is InChI=1S/C16H13Cl2NO/c17-13-3-1-2-12(16(13)18)9-15(20)11-5-4-10-6-7-19-14(10)8-11/h1-5,8,19H,6-7,9H2. The average molecular weight is 306 g/mol. The topological polar surface area (TPSA) is 29.1 Å². The summed E-state index contributed by atoms with van der Waals surface area (Å²) in [4.78, 5) is 12.3. The lowest BCUT2D eigenvalue weighted by Crippen LogP contribution is -2.04. The predicted molar refractivity (Wildman–Crippen MR) is 83.1 cm³/mol. The summed E-state index contributed by atoms with van der Waals surface area (Å²) in [5.41, 5.74) is 3.79. The number of benzene rings is 2. The van der Waals surface area contributed by atoms with Gasteiger partial charge < -0.3 is 5.32 Å². The van der Waals surface area contributed by atoms with E-state index >= 15 is 0 Å². The Hall–Kier alpha value is -1.51. The third-order valence-corrected chi connectivity index (χ3v) is 4.38. The van der Waals surface area contributed by atoms with E-state index < -0.39 is 0 Å². The Morgan fingerprint density at radius 3 is 2.90 bits per heavy atom. The highest BCUT2D eigenvalue weighted by Gasteiger charge is 2.15. The van der Waals surface area contributed by atoms with Crippen LogP contribution in [0.15, 0.2) is 36.4 Å². The Morgan fingerprint density at radius 1 is 1.20 bits per heavy atom. The fourth-order valence-electron chi connectivity index (χ4n) is 2.42. The van der Waals surface area contributed by atoms with Gasteiger partial charge in [0.05, 0.1) is 10.0 Å². The zero-order valence-corrected chi connectivity index (χ0v) is 12.3. The molecular weight excluding hydrogens is 293 g/mol. The molecule has 0 spiro atoms. The quantitative estimate of drug-likeness (QED) is 0.852. The molecule has 4 heteroatoms. The second kappa shape index (κ2) is 5.47. The van der Waals surface area contributed by atoms with E-state index in [1.54, 1.807) is 12.1 Å². The first-order valence-electron chi connectivity index (χ1n) is 6.48. The van der Waals surface area contributed by atoms with Crippen LogP contribution in [0.25, 0.3) is 0 Å².